The zero-order chi connectivity index (χ0) is 16.1. The lowest BCUT2D eigenvalue weighted by atomic mass is 10.1. The number of amides is 2. The van der Waals surface area contributed by atoms with E-state index >= 15 is 0 Å². The molecule has 1 aliphatic rings. The summed E-state index contributed by atoms with van der Waals surface area (Å²) in [6.45, 7) is 3.56. The Morgan fingerprint density at radius 3 is 2.78 bits per heavy atom. The summed E-state index contributed by atoms with van der Waals surface area (Å²) in [6, 6.07) is 9.89. The third-order valence-corrected chi connectivity index (χ3v) is 4.85. The molecular weight excluding hydrogens is 312 g/mol. The Kier molecular flexibility index (Phi) is 5.02. The molecule has 0 saturated heterocycles. The van der Waals surface area contributed by atoms with E-state index in [0.29, 0.717) is 13.1 Å². The van der Waals surface area contributed by atoms with Crippen molar-refractivity contribution < 1.29 is 14.3 Å². The van der Waals surface area contributed by atoms with Crippen molar-refractivity contribution in [3.8, 4) is 11.5 Å². The van der Waals surface area contributed by atoms with E-state index in [1.54, 1.807) is 11.3 Å². The predicted octanol–water partition coefficient (Wildman–Crippen LogP) is 3.08. The summed E-state index contributed by atoms with van der Waals surface area (Å²) >= 11 is 1.74. The maximum Gasteiger partial charge on any atom is 0.315 e. The van der Waals surface area contributed by atoms with Gasteiger partial charge in [0.05, 0.1) is 6.54 Å². The fraction of sp³-hybridized carbons (Fsp3) is 0.353. The highest BCUT2D eigenvalue weighted by Crippen LogP contribution is 2.32. The van der Waals surface area contributed by atoms with Gasteiger partial charge in [-0.2, -0.15) is 0 Å². The Balaban J connectivity index is 1.39. The second-order valence-corrected chi connectivity index (χ2v) is 6.52. The number of fused-ring (bicyclic) bond motifs is 1. The molecule has 1 aromatic carbocycles. The average molecular weight is 332 g/mol. The van der Waals surface area contributed by atoms with Gasteiger partial charge < -0.3 is 20.1 Å². The molecule has 0 unspecified atom stereocenters. The van der Waals surface area contributed by atoms with Crippen LogP contribution < -0.4 is 20.1 Å². The van der Waals surface area contributed by atoms with Gasteiger partial charge >= 0.3 is 6.03 Å². The summed E-state index contributed by atoms with van der Waals surface area (Å²) < 4.78 is 10.6. The van der Waals surface area contributed by atoms with Gasteiger partial charge in [0.25, 0.3) is 0 Å². The van der Waals surface area contributed by atoms with Crippen molar-refractivity contribution in [3.05, 3.63) is 45.6 Å². The van der Waals surface area contributed by atoms with Crippen LogP contribution in [0.1, 0.15) is 22.2 Å². The second-order valence-electron chi connectivity index (χ2n) is 5.27. The molecule has 0 bridgehead atoms. The lowest BCUT2D eigenvalue weighted by Gasteiger charge is -2.07. The van der Waals surface area contributed by atoms with Gasteiger partial charge in [-0.15, -0.1) is 11.3 Å². The van der Waals surface area contributed by atoms with Crippen molar-refractivity contribution in [1.82, 2.24) is 10.6 Å². The average Bonchev–Trinajstić information content (AvgIpc) is 3.21. The molecule has 0 radical (unpaired) electrons. The minimum atomic E-state index is -0.141. The number of aryl methyl sites for hydroxylation is 1. The SMILES string of the molecule is CCc1ccc(CNC(=O)NCCc2ccc3c(c2)OCO3)s1. The molecular formula is C17H20N2O3S. The number of hydrogen-bond donors (Lipinski definition) is 2. The fourth-order valence-electron chi connectivity index (χ4n) is 2.35. The first-order valence-electron chi connectivity index (χ1n) is 7.72. The van der Waals surface area contributed by atoms with Crippen LogP contribution in [0.25, 0.3) is 0 Å². The van der Waals surface area contributed by atoms with E-state index in [1.165, 1.54) is 9.75 Å². The second kappa shape index (κ2) is 7.37. The molecule has 2 heterocycles. The van der Waals surface area contributed by atoms with Gasteiger partial charge in [-0.1, -0.05) is 13.0 Å². The number of rotatable bonds is 6. The van der Waals surface area contributed by atoms with E-state index in [-0.39, 0.29) is 12.8 Å². The molecule has 0 fully saturated rings. The summed E-state index contributed by atoms with van der Waals surface area (Å²) in [7, 11) is 0. The minimum Gasteiger partial charge on any atom is -0.454 e. The summed E-state index contributed by atoms with van der Waals surface area (Å²) in [6.07, 6.45) is 1.79. The standard InChI is InChI=1S/C17H20N2O3S/c1-2-13-4-5-14(23-13)10-19-17(20)18-8-7-12-3-6-15-16(9-12)22-11-21-15/h3-6,9H,2,7-8,10-11H2,1H3,(H2,18,19,20). The number of carbonyl (C=O) groups excluding carboxylic acids is 1. The molecule has 0 saturated carbocycles. The minimum absolute atomic E-state index is 0.141. The Morgan fingerprint density at radius 2 is 1.96 bits per heavy atom. The largest absolute Gasteiger partial charge is 0.454 e. The number of thiophene rings is 1. The quantitative estimate of drug-likeness (QED) is 0.855. The van der Waals surface area contributed by atoms with Crippen LogP contribution >= 0.6 is 11.3 Å². The van der Waals surface area contributed by atoms with Crippen LogP contribution in [-0.4, -0.2) is 19.4 Å². The first-order valence-corrected chi connectivity index (χ1v) is 8.54. The smallest absolute Gasteiger partial charge is 0.315 e. The normalized spacial score (nSPS) is 12.2. The molecule has 2 amide bonds. The van der Waals surface area contributed by atoms with Gasteiger partial charge in [0.1, 0.15) is 0 Å². The third-order valence-electron chi connectivity index (χ3n) is 3.63. The molecule has 23 heavy (non-hydrogen) atoms. The molecule has 0 atom stereocenters. The Morgan fingerprint density at radius 1 is 1.13 bits per heavy atom. The van der Waals surface area contributed by atoms with Crippen molar-refractivity contribution in [2.45, 2.75) is 26.3 Å². The van der Waals surface area contributed by atoms with Crippen molar-refractivity contribution in [2.24, 2.45) is 0 Å². The van der Waals surface area contributed by atoms with E-state index in [9.17, 15) is 4.79 Å². The number of hydrogen-bond acceptors (Lipinski definition) is 4. The summed E-state index contributed by atoms with van der Waals surface area (Å²) in [4.78, 5) is 14.3. The highest BCUT2D eigenvalue weighted by atomic mass is 32.1. The van der Waals surface area contributed by atoms with E-state index in [2.05, 4.69) is 29.7 Å². The molecule has 122 valence electrons. The first-order chi connectivity index (χ1) is 11.2. The van der Waals surface area contributed by atoms with Gasteiger partial charge in [-0.05, 0) is 42.7 Å². The molecule has 0 spiro atoms. The Bertz CT molecular complexity index is 684. The van der Waals surface area contributed by atoms with Crippen LogP contribution in [0.3, 0.4) is 0 Å². The van der Waals surface area contributed by atoms with Crippen LogP contribution in [0.5, 0.6) is 11.5 Å². The highest BCUT2D eigenvalue weighted by molar-refractivity contribution is 7.11. The molecule has 2 aromatic rings. The molecule has 2 N–H and O–H groups in total. The zero-order valence-electron chi connectivity index (χ0n) is 13.1. The van der Waals surface area contributed by atoms with E-state index < -0.39 is 0 Å². The summed E-state index contributed by atoms with van der Waals surface area (Å²) in [5, 5.41) is 5.75. The van der Waals surface area contributed by atoms with Gasteiger partial charge in [0.15, 0.2) is 11.5 Å². The Labute approximate surface area is 139 Å². The molecule has 1 aliphatic heterocycles. The highest BCUT2D eigenvalue weighted by Gasteiger charge is 2.13. The lowest BCUT2D eigenvalue weighted by Crippen LogP contribution is -2.36. The van der Waals surface area contributed by atoms with Crippen LogP contribution in [0.4, 0.5) is 4.79 Å². The zero-order valence-corrected chi connectivity index (χ0v) is 13.9. The van der Waals surface area contributed by atoms with Crippen LogP contribution in [0, 0.1) is 0 Å². The van der Waals surface area contributed by atoms with Gasteiger partial charge in [0.2, 0.25) is 6.79 Å². The summed E-state index contributed by atoms with van der Waals surface area (Å²) in [5.41, 5.74) is 1.11. The van der Waals surface area contributed by atoms with Gasteiger partial charge in [0, 0.05) is 16.3 Å². The maximum absolute atomic E-state index is 11.8. The van der Waals surface area contributed by atoms with E-state index in [0.717, 1.165) is 29.9 Å². The molecule has 0 aliphatic carbocycles. The van der Waals surface area contributed by atoms with E-state index in [4.69, 9.17) is 9.47 Å². The number of urea groups is 1. The van der Waals surface area contributed by atoms with Crippen molar-refractivity contribution in [3.63, 3.8) is 0 Å². The lowest BCUT2D eigenvalue weighted by molar-refractivity contribution is 0.174. The number of carbonyl (C=O) groups is 1. The van der Waals surface area contributed by atoms with Crippen molar-refractivity contribution in [2.75, 3.05) is 13.3 Å². The van der Waals surface area contributed by atoms with E-state index in [1.807, 2.05) is 18.2 Å². The topological polar surface area (TPSA) is 59.6 Å². The number of nitrogens with one attached hydrogen (secondary N) is 2. The van der Waals surface area contributed by atoms with Crippen molar-refractivity contribution in [1.29, 1.82) is 0 Å². The van der Waals surface area contributed by atoms with Crippen molar-refractivity contribution >= 4 is 17.4 Å². The molecule has 5 nitrogen and oxygen atoms in total. The first kappa shape index (κ1) is 15.7. The summed E-state index contributed by atoms with van der Waals surface area (Å²) in [5.74, 6) is 1.55. The third kappa shape index (κ3) is 4.16. The fourth-order valence-corrected chi connectivity index (χ4v) is 3.25. The molecule has 1 aromatic heterocycles. The molecule has 3 rings (SSSR count). The van der Waals surface area contributed by atoms with Crippen LogP contribution in [0.15, 0.2) is 30.3 Å². The van der Waals surface area contributed by atoms with Gasteiger partial charge in [-0.25, -0.2) is 4.79 Å². The molecule has 6 heteroatoms. The Hall–Kier alpha value is -2.21. The monoisotopic (exact) mass is 332 g/mol. The van der Waals surface area contributed by atoms with Crippen LogP contribution in [0.2, 0.25) is 0 Å². The predicted molar refractivity (Wildman–Crippen MR) is 90.2 cm³/mol. The maximum atomic E-state index is 11.8. The number of benzene rings is 1. The van der Waals surface area contributed by atoms with Crippen LogP contribution in [-0.2, 0) is 19.4 Å². The van der Waals surface area contributed by atoms with Gasteiger partial charge in [-0.3, -0.25) is 0 Å². The number of ether oxygens (including phenoxy) is 2.